The maximum absolute atomic E-state index is 12.7. The number of carbonyl (C=O) groups excluding carboxylic acids is 1. The van der Waals surface area contributed by atoms with Gasteiger partial charge >= 0.3 is 0 Å². The molecule has 0 amide bonds. The van der Waals surface area contributed by atoms with E-state index >= 15 is 0 Å². The summed E-state index contributed by atoms with van der Waals surface area (Å²) in [5.41, 5.74) is -0.0909. The molecule has 0 aromatic heterocycles. The predicted octanol–water partition coefficient (Wildman–Crippen LogP) is 2.80. The molecule has 0 heterocycles. The molecule has 3 nitrogen and oxygen atoms in total. The number of aryl methyl sites for hydroxylation is 1. The summed E-state index contributed by atoms with van der Waals surface area (Å²) >= 11 is 0. The van der Waals surface area contributed by atoms with Gasteiger partial charge in [-0.25, -0.2) is 0 Å². The summed E-state index contributed by atoms with van der Waals surface area (Å²) in [6, 6.07) is 7.53. The smallest absolute Gasteiger partial charge is 0.159 e. The van der Waals surface area contributed by atoms with Gasteiger partial charge in [-0.2, -0.15) is 0 Å². The van der Waals surface area contributed by atoms with Crippen molar-refractivity contribution in [3.63, 3.8) is 0 Å². The summed E-state index contributed by atoms with van der Waals surface area (Å²) in [5, 5.41) is 11.1. The van der Waals surface area contributed by atoms with E-state index in [9.17, 15) is 14.1 Å². The molecule has 0 radical (unpaired) electrons. The Morgan fingerprint density at radius 3 is 2.70 bits per heavy atom. The first kappa shape index (κ1) is 16.3. The van der Waals surface area contributed by atoms with E-state index in [-0.39, 0.29) is 29.3 Å². The molecule has 1 aromatic rings. The van der Waals surface area contributed by atoms with Gasteiger partial charge in [0.05, 0.1) is 22.2 Å². The SMILES string of the molecule is Cc1ccc([S@](=O)C[C@]2(O)C=CC(=O)[C@@H]3[C@H]2CC=C[C@@H]3C)cc1. The topological polar surface area (TPSA) is 54.4 Å². The molecule has 2 aliphatic carbocycles. The van der Waals surface area contributed by atoms with E-state index in [1.807, 2.05) is 50.3 Å². The molecule has 122 valence electrons. The summed E-state index contributed by atoms with van der Waals surface area (Å²) in [7, 11) is -1.30. The fraction of sp³-hybridized carbons (Fsp3) is 0.421. The van der Waals surface area contributed by atoms with Gasteiger partial charge in [-0.1, -0.05) is 36.8 Å². The third kappa shape index (κ3) is 3.10. The number of fused-ring (bicyclic) bond motifs is 1. The molecule has 23 heavy (non-hydrogen) atoms. The molecular weight excluding hydrogens is 308 g/mol. The molecule has 1 N–H and O–H groups in total. The van der Waals surface area contributed by atoms with E-state index in [4.69, 9.17) is 0 Å². The number of hydrogen-bond acceptors (Lipinski definition) is 3. The fourth-order valence-corrected chi connectivity index (χ4v) is 4.98. The van der Waals surface area contributed by atoms with Gasteiger partial charge in [0.1, 0.15) is 0 Å². The molecule has 0 fully saturated rings. The van der Waals surface area contributed by atoms with Gasteiger partial charge in [0, 0.05) is 16.7 Å². The molecule has 0 aliphatic heterocycles. The highest BCUT2D eigenvalue weighted by atomic mass is 32.2. The molecule has 0 bridgehead atoms. The minimum Gasteiger partial charge on any atom is -0.384 e. The monoisotopic (exact) mass is 330 g/mol. The van der Waals surface area contributed by atoms with Crippen LogP contribution in [0.4, 0.5) is 0 Å². The summed E-state index contributed by atoms with van der Waals surface area (Å²) in [5.74, 6) is -0.121. The minimum atomic E-state index is -1.30. The summed E-state index contributed by atoms with van der Waals surface area (Å²) in [6.45, 7) is 3.98. The van der Waals surface area contributed by atoms with Crippen LogP contribution in [0, 0.1) is 24.7 Å². The van der Waals surface area contributed by atoms with Crippen molar-refractivity contribution in [2.75, 3.05) is 5.75 Å². The maximum Gasteiger partial charge on any atom is 0.159 e. The van der Waals surface area contributed by atoms with Crippen molar-refractivity contribution in [2.45, 2.75) is 30.8 Å². The highest BCUT2D eigenvalue weighted by Gasteiger charge is 2.48. The first-order valence-electron chi connectivity index (χ1n) is 7.98. The molecule has 0 saturated carbocycles. The van der Waals surface area contributed by atoms with Crippen LogP contribution in [0.25, 0.3) is 0 Å². The lowest BCUT2D eigenvalue weighted by Crippen LogP contribution is -2.51. The average molecular weight is 330 g/mol. The van der Waals surface area contributed by atoms with Crippen LogP contribution in [0.1, 0.15) is 18.9 Å². The van der Waals surface area contributed by atoms with Crippen LogP contribution in [0.5, 0.6) is 0 Å². The Balaban J connectivity index is 1.87. The van der Waals surface area contributed by atoms with Crippen LogP contribution >= 0.6 is 0 Å². The second-order valence-electron chi connectivity index (χ2n) is 6.69. The van der Waals surface area contributed by atoms with E-state index in [2.05, 4.69) is 0 Å². The lowest BCUT2D eigenvalue weighted by atomic mass is 9.64. The predicted molar refractivity (Wildman–Crippen MR) is 91.5 cm³/mol. The third-order valence-corrected chi connectivity index (χ3v) is 6.51. The van der Waals surface area contributed by atoms with E-state index in [1.165, 1.54) is 6.08 Å². The quantitative estimate of drug-likeness (QED) is 0.867. The van der Waals surface area contributed by atoms with Crippen molar-refractivity contribution in [3.05, 3.63) is 54.1 Å². The van der Waals surface area contributed by atoms with E-state index in [0.717, 1.165) is 5.56 Å². The number of allylic oxidation sites excluding steroid dienone is 3. The Labute approximate surface area is 139 Å². The molecule has 2 aliphatic rings. The Kier molecular flexibility index (Phi) is 4.39. The summed E-state index contributed by atoms with van der Waals surface area (Å²) < 4.78 is 12.7. The number of rotatable bonds is 3. The number of benzene rings is 1. The van der Waals surface area contributed by atoms with Crippen LogP contribution in [0.15, 0.2) is 53.5 Å². The second kappa shape index (κ2) is 6.17. The molecule has 0 saturated heterocycles. The van der Waals surface area contributed by atoms with Crippen molar-refractivity contribution >= 4 is 16.6 Å². The molecule has 3 rings (SSSR count). The number of aliphatic hydroxyl groups is 1. The zero-order valence-electron chi connectivity index (χ0n) is 13.4. The highest BCUT2D eigenvalue weighted by molar-refractivity contribution is 7.85. The minimum absolute atomic E-state index is 0.0673. The standard InChI is InChI=1S/C19H22O3S/c1-13-6-8-15(9-7-13)23(22)12-19(21)11-10-17(20)18-14(2)4-3-5-16(18)19/h3-4,6-11,14,16,18,21H,5,12H2,1-2H3/t14-,16+,18-,19+,23+/m0/s1. The van der Waals surface area contributed by atoms with Crippen LogP contribution in [0.2, 0.25) is 0 Å². The largest absolute Gasteiger partial charge is 0.384 e. The maximum atomic E-state index is 12.7. The summed E-state index contributed by atoms with van der Waals surface area (Å²) in [6.07, 6.45) is 7.75. The van der Waals surface area contributed by atoms with Crippen LogP contribution in [-0.4, -0.2) is 26.5 Å². The summed E-state index contributed by atoms with van der Waals surface area (Å²) in [4.78, 5) is 12.9. The Hall–Kier alpha value is -1.52. The molecule has 4 heteroatoms. The van der Waals surface area contributed by atoms with Crippen LogP contribution in [-0.2, 0) is 15.6 Å². The number of hydrogen-bond donors (Lipinski definition) is 1. The third-order valence-electron chi connectivity index (χ3n) is 4.98. The molecular formula is C19H22O3S. The lowest BCUT2D eigenvalue weighted by molar-refractivity contribution is -0.126. The zero-order valence-corrected chi connectivity index (χ0v) is 14.3. The lowest BCUT2D eigenvalue weighted by Gasteiger charge is -2.43. The molecule has 1 aromatic carbocycles. The van der Waals surface area contributed by atoms with Crippen molar-refractivity contribution in [1.29, 1.82) is 0 Å². The van der Waals surface area contributed by atoms with E-state index in [1.54, 1.807) is 6.08 Å². The number of ketones is 1. The molecule has 5 atom stereocenters. The van der Waals surface area contributed by atoms with Crippen molar-refractivity contribution in [1.82, 2.24) is 0 Å². The van der Waals surface area contributed by atoms with Gasteiger partial charge in [-0.15, -0.1) is 0 Å². The van der Waals surface area contributed by atoms with Crippen molar-refractivity contribution in [2.24, 2.45) is 17.8 Å². The van der Waals surface area contributed by atoms with Crippen LogP contribution in [0.3, 0.4) is 0 Å². The Bertz CT molecular complexity index is 689. The average Bonchev–Trinajstić information content (AvgIpc) is 2.52. The Morgan fingerprint density at radius 2 is 2.00 bits per heavy atom. The van der Waals surface area contributed by atoms with Gasteiger partial charge in [0.25, 0.3) is 0 Å². The van der Waals surface area contributed by atoms with Gasteiger partial charge in [-0.05, 0) is 43.5 Å². The van der Waals surface area contributed by atoms with Crippen molar-refractivity contribution in [3.8, 4) is 0 Å². The number of carbonyl (C=O) groups is 1. The fourth-order valence-electron chi connectivity index (χ4n) is 3.64. The van der Waals surface area contributed by atoms with Gasteiger partial charge < -0.3 is 5.11 Å². The van der Waals surface area contributed by atoms with Gasteiger partial charge in [0.15, 0.2) is 5.78 Å². The zero-order chi connectivity index (χ0) is 16.6. The molecule has 0 spiro atoms. The van der Waals surface area contributed by atoms with Crippen molar-refractivity contribution < 1.29 is 14.1 Å². The molecule has 0 unspecified atom stereocenters. The van der Waals surface area contributed by atoms with E-state index < -0.39 is 16.4 Å². The second-order valence-corrected chi connectivity index (χ2v) is 8.14. The normalized spacial score (nSPS) is 34.2. The first-order valence-corrected chi connectivity index (χ1v) is 9.30. The van der Waals surface area contributed by atoms with E-state index in [0.29, 0.717) is 11.3 Å². The van der Waals surface area contributed by atoms with Gasteiger partial charge in [0.2, 0.25) is 0 Å². The highest BCUT2D eigenvalue weighted by Crippen LogP contribution is 2.42. The van der Waals surface area contributed by atoms with Crippen LogP contribution < -0.4 is 0 Å². The first-order chi connectivity index (χ1) is 10.9. The van der Waals surface area contributed by atoms with Gasteiger partial charge in [-0.3, -0.25) is 9.00 Å². The Morgan fingerprint density at radius 1 is 1.30 bits per heavy atom.